The van der Waals surface area contributed by atoms with Gasteiger partial charge in [-0.15, -0.1) is 0 Å². The van der Waals surface area contributed by atoms with Crippen molar-refractivity contribution < 1.29 is 0 Å². The van der Waals surface area contributed by atoms with Crippen LogP contribution in [0.15, 0.2) is 188 Å². The number of allylic oxidation sites excluding steroid dienone is 1. The van der Waals surface area contributed by atoms with Gasteiger partial charge in [0.2, 0.25) is 0 Å². The number of benzene rings is 7. The average molecular weight is 717 g/mol. The highest BCUT2D eigenvalue weighted by atomic mass is 15.1. The maximum atomic E-state index is 5.29. The molecular formula is C52H36N4. The van der Waals surface area contributed by atoms with Crippen LogP contribution in [0, 0.1) is 0 Å². The first-order valence-electron chi connectivity index (χ1n) is 19.3. The number of fused-ring (bicyclic) bond motifs is 6. The van der Waals surface area contributed by atoms with E-state index in [1.165, 1.54) is 66.4 Å². The molecule has 7 aromatic carbocycles. The van der Waals surface area contributed by atoms with Gasteiger partial charge < -0.3 is 4.57 Å². The van der Waals surface area contributed by atoms with Crippen LogP contribution in [0.5, 0.6) is 0 Å². The zero-order valence-corrected chi connectivity index (χ0v) is 30.7. The van der Waals surface area contributed by atoms with Crippen molar-refractivity contribution in [2.75, 3.05) is 0 Å². The van der Waals surface area contributed by atoms with Crippen LogP contribution in [-0.4, -0.2) is 19.1 Å². The summed E-state index contributed by atoms with van der Waals surface area (Å²) in [4.78, 5) is 10.5. The molecule has 0 spiro atoms. The van der Waals surface area contributed by atoms with Crippen molar-refractivity contribution in [3.63, 3.8) is 0 Å². The Bertz CT molecular complexity index is 3100. The first-order chi connectivity index (χ1) is 27.8. The molecule has 4 heteroatoms. The standard InChI is InChI=1S/C52H36N4/c1-4-14-35(15-5-1)36-24-26-37(27-25-36)46-34-51(54-52(53-46)38-16-6-2-7-17-38)56-48-23-13-11-21-43(48)45-33-40(29-31-50(45)56)39-28-30-49-44(32-39)42-20-10-12-22-47(42)55(49)41-18-8-3-9-19-41/h1-28,30,32-34H,29,31H2. The average Bonchev–Trinajstić information content (AvgIpc) is 3.79. The lowest BCUT2D eigenvalue weighted by atomic mass is 9.90. The summed E-state index contributed by atoms with van der Waals surface area (Å²) in [6.07, 6.45) is 4.25. The van der Waals surface area contributed by atoms with Crippen molar-refractivity contribution in [3.8, 4) is 45.3 Å². The summed E-state index contributed by atoms with van der Waals surface area (Å²) < 4.78 is 4.76. The zero-order chi connectivity index (χ0) is 37.0. The molecular weight excluding hydrogens is 681 g/mol. The van der Waals surface area contributed by atoms with Crippen LogP contribution in [0.25, 0.3) is 89.6 Å². The molecule has 1 aliphatic rings. The van der Waals surface area contributed by atoms with Gasteiger partial charge in [0.15, 0.2) is 5.82 Å². The molecule has 11 rings (SSSR count). The minimum atomic E-state index is 0.715. The van der Waals surface area contributed by atoms with Gasteiger partial charge in [-0.2, -0.15) is 0 Å². The molecule has 0 bridgehead atoms. The molecule has 0 aliphatic heterocycles. The lowest BCUT2D eigenvalue weighted by Crippen LogP contribution is -2.08. The van der Waals surface area contributed by atoms with Crippen molar-refractivity contribution in [2.45, 2.75) is 12.8 Å². The third kappa shape index (κ3) is 5.38. The SMILES string of the molecule is C1=C(c2ccc3c(c2)c2ccccc2n3-c2ccccc2)CCc2c1c1ccccc1n2-c1cc(-c2ccc(-c3ccccc3)cc2)nc(-c2ccccc2)n1. The van der Waals surface area contributed by atoms with Gasteiger partial charge in [-0.3, -0.25) is 4.57 Å². The van der Waals surface area contributed by atoms with Gasteiger partial charge in [0, 0.05) is 50.3 Å². The summed E-state index contributed by atoms with van der Waals surface area (Å²) in [5, 5.41) is 3.77. The van der Waals surface area contributed by atoms with Crippen molar-refractivity contribution in [2.24, 2.45) is 0 Å². The third-order valence-electron chi connectivity index (χ3n) is 11.3. The van der Waals surface area contributed by atoms with E-state index in [0.29, 0.717) is 5.82 Å². The second-order valence-electron chi connectivity index (χ2n) is 14.5. The molecule has 0 fully saturated rings. The second-order valence-corrected chi connectivity index (χ2v) is 14.5. The highest BCUT2D eigenvalue weighted by Gasteiger charge is 2.24. The number of hydrogen-bond acceptors (Lipinski definition) is 2. The normalized spacial score (nSPS) is 12.6. The smallest absolute Gasteiger partial charge is 0.162 e. The number of nitrogens with zero attached hydrogens (tertiary/aromatic N) is 4. The lowest BCUT2D eigenvalue weighted by molar-refractivity contribution is 0.876. The highest BCUT2D eigenvalue weighted by Crippen LogP contribution is 2.41. The summed E-state index contributed by atoms with van der Waals surface area (Å²) in [7, 11) is 0. The lowest BCUT2D eigenvalue weighted by Gasteiger charge is -2.18. The van der Waals surface area contributed by atoms with Crippen molar-refractivity contribution in [1.82, 2.24) is 19.1 Å². The number of aromatic nitrogens is 4. The van der Waals surface area contributed by atoms with Crippen molar-refractivity contribution >= 4 is 44.4 Å². The van der Waals surface area contributed by atoms with E-state index >= 15 is 0 Å². The fourth-order valence-corrected chi connectivity index (χ4v) is 8.62. The molecule has 3 aromatic heterocycles. The maximum Gasteiger partial charge on any atom is 0.162 e. The van der Waals surface area contributed by atoms with E-state index in [0.717, 1.165) is 41.0 Å². The molecule has 4 nitrogen and oxygen atoms in total. The van der Waals surface area contributed by atoms with Crippen LogP contribution in [-0.2, 0) is 6.42 Å². The van der Waals surface area contributed by atoms with Gasteiger partial charge >= 0.3 is 0 Å². The Morgan fingerprint density at radius 3 is 1.71 bits per heavy atom. The Morgan fingerprint density at radius 2 is 0.964 bits per heavy atom. The summed E-state index contributed by atoms with van der Waals surface area (Å²) in [5.74, 6) is 1.59. The fraction of sp³-hybridized carbons (Fsp3) is 0.0385. The molecule has 0 saturated carbocycles. The van der Waals surface area contributed by atoms with Gasteiger partial charge in [0.25, 0.3) is 0 Å². The van der Waals surface area contributed by atoms with E-state index < -0.39 is 0 Å². The third-order valence-corrected chi connectivity index (χ3v) is 11.3. The molecule has 264 valence electrons. The summed E-state index contributed by atoms with van der Waals surface area (Å²) >= 11 is 0. The van der Waals surface area contributed by atoms with Gasteiger partial charge in [-0.05, 0) is 77.6 Å². The zero-order valence-electron chi connectivity index (χ0n) is 30.7. The molecule has 0 saturated heterocycles. The van der Waals surface area contributed by atoms with E-state index in [4.69, 9.17) is 9.97 Å². The molecule has 0 radical (unpaired) electrons. The summed E-state index contributed by atoms with van der Waals surface area (Å²) in [6, 6.07) is 66.9. The summed E-state index contributed by atoms with van der Waals surface area (Å²) in [5.41, 5.74) is 15.3. The predicted molar refractivity (Wildman–Crippen MR) is 232 cm³/mol. The topological polar surface area (TPSA) is 35.6 Å². The van der Waals surface area contributed by atoms with E-state index in [1.54, 1.807) is 0 Å². The fourth-order valence-electron chi connectivity index (χ4n) is 8.62. The van der Waals surface area contributed by atoms with Crippen LogP contribution in [0.1, 0.15) is 23.2 Å². The minimum absolute atomic E-state index is 0.715. The van der Waals surface area contributed by atoms with Crippen LogP contribution < -0.4 is 0 Å². The number of rotatable bonds is 6. The van der Waals surface area contributed by atoms with Crippen molar-refractivity contribution in [1.29, 1.82) is 0 Å². The van der Waals surface area contributed by atoms with Gasteiger partial charge in [-0.1, -0.05) is 146 Å². The predicted octanol–water partition coefficient (Wildman–Crippen LogP) is 13.0. The molecule has 0 N–H and O–H groups in total. The van der Waals surface area contributed by atoms with Gasteiger partial charge in [0.1, 0.15) is 5.82 Å². The molecule has 3 heterocycles. The van der Waals surface area contributed by atoms with E-state index in [2.05, 4.69) is 197 Å². The Labute approximate surface area is 325 Å². The van der Waals surface area contributed by atoms with Crippen LogP contribution in [0.4, 0.5) is 0 Å². The maximum absolute atomic E-state index is 5.29. The van der Waals surface area contributed by atoms with E-state index in [-0.39, 0.29) is 0 Å². The van der Waals surface area contributed by atoms with Crippen LogP contribution in [0.3, 0.4) is 0 Å². The molecule has 56 heavy (non-hydrogen) atoms. The van der Waals surface area contributed by atoms with Crippen LogP contribution >= 0.6 is 0 Å². The quantitative estimate of drug-likeness (QED) is 0.172. The number of para-hydroxylation sites is 3. The van der Waals surface area contributed by atoms with E-state index in [9.17, 15) is 0 Å². The highest BCUT2D eigenvalue weighted by molar-refractivity contribution is 6.10. The van der Waals surface area contributed by atoms with Gasteiger partial charge in [0.05, 0.1) is 22.2 Å². The molecule has 0 amide bonds. The summed E-state index contributed by atoms with van der Waals surface area (Å²) in [6.45, 7) is 0. The van der Waals surface area contributed by atoms with Crippen LogP contribution in [0.2, 0.25) is 0 Å². The first kappa shape index (κ1) is 32.2. The second kappa shape index (κ2) is 13.2. The molecule has 10 aromatic rings. The minimum Gasteiger partial charge on any atom is -0.309 e. The largest absolute Gasteiger partial charge is 0.309 e. The Hall–Kier alpha value is -7.30. The Balaban J connectivity index is 1.05. The first-order valence-corrected chi connectivity index (χ1v) is 19.3. The Morgan fingerprint density at radius 1 is 0.393 bits per heavy atom. The van der Waals surface area contributed by atoms with Crippen molar-refractivity contribution in [3.05, 3.63) is 205 Å². The molecule has 1 aliphatic carbocycles. The molecule has 0 atom stereocenters. The molecule has 0 unspecified atom stereocenters. The number of hydrogen-bond donors (Lipinski definition) is 0. The van der Waals surface area contributed by atoms with Gasteiger partial charge in [-0.25, -0.2) is 9.97 Å². The van der Waals surface area contributed by atoms with E-state index in [1.807, 2.05) is 6.07 Å². The monoisotopic (exact) mass is 716 g/mol. The Kier molecular flexibility index (Phi) is 7.59.